The minimum atomic E-state index is -0.640. The van der Waals surface area contributed by atoms with E-state index in [0.717, 1.165) is 24.6 Å². The van der Waals surface area contributed by atoms with Crippen molar-refractivity contribution < 1.29 is 8.78 Å². The molecule has 2 rings (SSSR count). The van der Waals surface area contributed by atoms with Gasteiger partial charge in [-0.25, -0.2) is 13.8 Å². The van der Waals surface area contributed by atoms with E-state index in [1.807, 2.05) is 0 Å². The summed E-state index contributed by atoms with van der Waals surface area (Å²) in [5, 5.41) is 2.91. The molecule has 0 bridgehead atoms. The average Bonchev–Trinajstić information content (AvgIpc) is 2.79. The number of hydrogen-bond acceptors (Lipinski definition) is 2. The molecule has 1 aliphatic rings. The van der Waals surface area contributed by atoms with Crippen molar-refractivity contribution in [1.29, 1.82) is 0 Å². The Morgan fingerprint density at radius 3 is 2.76 bits per heavy atom. The van der Waals surface area contributed by atoms with Crippen LogP contribution in [0.4, 0.5) is 14.6 Å². The SMILES string of the molecule is Fc1cnc(NCCCC2CCCC2)c(F)c1. The lowest BCUT2D eigenvalue weighted by atomic mass is 10.0. The summed E-state index contributed by atoms with van der Waals surface area (Å²) in [6, 6.07) is 0.853. The van der Waals surface area contributed by atoms with E-state index in [2.05, 4.69) is 10.3 Å². The molecule has 1 saturated carbocycles. The van der Waals surface area contributed by atoms with E-state index in [0.29, 0.717) is 6.54 Å². The van der Waals surface area contributed by atoms with Gasteiger partial charge in [0.2, 0.25) is 0 Å². The number of anilines is 1. The van der Waals surface area contributed by atoms with E-state index in [9.17, 15) is 8.78 Å². The van der Waals surface area contributed by atoms with Gasteiger partial charge in [0, 0.05) is 12.6 Å². The predicted molar refractivity (Wildman–Crippen MR) is 63.8 cm³/mol. The molecule has 1 aliphatic carbocycles. The lowest BCUT2D eigenvalue weighted by molar-refractivity contribution is 0.490. The molecule has 4 heteroatoms. The maximum atomic E-state index is 13.2. The van der Waals surface area contributed by atoms with Crippen LogP contribution in [-0.2, 0) is 0 Å². The zero-order valence-electron chi connectivity index (χ0n) is 9.88. The van der Waals surface area contributed by atoms with Crippen LogP contribution < -0.4 is 5.32 Å². The van der Waals surface area contributed by atoms with E-state index >= 15 is 0 Å². The molecule has 1 heterocycles. The quantitative estimate of drug-likeness (QED) is 0.793. The molecule has 94 valence electrons. The van der Waals surface area contributed by atoms with E-state index < -0.39 is 11.6 Å². The van der Waals surface area contributed by atoms with Crippen molar-refractivity contribution in [1.82, 2.24) is 4.98 Å². The number of pyridine rings is 1. The number of nitrogens with zero attached hydrogens (tertiary/aromatic N) is 1. The summed E-state index contributed by atoms with van der Waals surface area (Å²) >= 11 is 0. The molecular weight excluding hydrogens is 222 g/mol. The first-order chi connectivity index (χ1) is 8.25. The Balaban J connectivity index is 1.70. The Hall–Kier alpha value is -1.19. The van der Waals surface area contributed by atoms with Gasteiger partial charge in [-0.05, 0) is 18.8 Å². The second-order valence-corrected chi connectivity index (χ2v) is 4.70. The Morgan fingerprint density at radius 1 is 1.29 bits per heavy atom. The highest BCUT2D eigenvalue weighted by molar-refractivity contribution is 5.35. The Morgan fingerprint density at radius 2 is 2.06 bits per heavy atom. The fourth-order valence-corrected chi connectivity index (χ4v) is 2.44. The molecule has 2 nitrogen and oxygen atoms in total. The molecular formula is C13H18F2N2. The topological polar surface area (TPSA) is 24.9 Å². The summed E-state index contributed by atoms with van der Waals surface area (Å²) in [7, 11) is 0. The van der Waals surface area contributed by atoms with Gasteiger partial charge in [0.25, 0.3) is 0 Å². The molecule has 0 radical (unpaired) electrons. The summed E-state index contributed by atoms with van der Waals surface area (Å²) in [5.74, 6) is -0.259. The van der Waals surface area contributed by atoms with Crippen molar-refractivity contribution in [3.63, 3.8) is 0 Å². The molecule has 0 aliphatic heterocycles. The third-order valence-corrected chi connectivity index (χ3v) is 3.36. The molecule has 1 N–H and O–H groups in total. The average molecular weight is 240 g/mol. The standard InChI is InChI=1S/C13H18F2N2/c14-11-8-12(15)13(17-9-11)16-7-3-6-10-4-1-2-5-10/h8-10H,1-7H2,(H,16,17). The van der Waals surface area contributed by atoms with Crippen LogP contribution in [0.2, 0.25) is 0 Å². The van der Waals surface area contributed by atoms with Crippen LogP contribution in [0.5, 0.6) is 0 Å². The lowest BCUT2D eigenvalue weighted by Gasteiger charge is -2.09. The van der Waals surface area contributed by atoms with Gasteiger partial charge in [-0.2, -0.15) is 0 Å². The third-order valence-electron chi connectivity index (χ3n) is 3.36. The molecule has 17 heavy (non-hydrogen) atoms. The van der Waals surface area contributed by atoms with Crippen molar-refractivity contribution in [2.45, 2.75) is 38.5 Å². The second-order valence-electron chi connectivity index (χ2n) is 4.70. The van der Waals surface area contributed by atoms with Crippen molar-refractivity contribution in [2.24, 2.45) is 5.92 Å². The van der Waals surface area contributed by atoms with E-state index in [1.54, 1.807) is 0 Å². The number of rotatable bonds is 5. The Kier molecular flexibility index (Phi) is 4.29. The third kappa shape index (κ3) is 3.65. The van der Waals surface area contributed by atoms with E-state index in [-0.39, 0.29) is 5.82 Å². The lowest BCUT2D eigenvalue weighted by Crippen LogP contribution is -2.07. The molecule has 1 aromatic rings. The first-order valence-corrected chi connectivity index (χ1v) is 6.30. The normalized spacial score (nSPS) is 16.4. The van der Waals surface area contributed by atoms with Crippen molar-refractivity contribution >= 4 is 5.82 Å². The smallest absolute Gasteiger partial charge is 0.168 e. The minimum absolute atomic E-state index is 0.151. The van der Waals surface area contributed by atoms with Gasteiger partial charge in [-0.15, -0.1) is 0 Å². The van der Waals surface area contributed by atoms with Gasteiger partial charge in [-0.3, -0.25) is 0 Å². The summed E-state index contributed by atoms with van der Waals surface area (Å²) in [6.07, 6.45) is 8.62. The van der Waals surface area contributed by atoms with Gasteiger partial charge in [-0.1, -0.05) is 25.7 Å². The fourth-order valence-electron chi connectivity index (χ4n) is 2.44. The predicted octanol–water partition coefficient (Wildman–Crippen LogP) is 3.74. The first-order valence-electron chi connectivity index (χ1n) is 6.30. The van der Waals surface area contributed by atoms with Gasteiger partial charge in [0.05, 0.1) is 6.20 Å². The molecule has 0 atom stereocenters. The van der Waals surface area contributed by atoms with Gasteiger partial charge < -0.3 is 5.32 Å². The number of nitrogens with one attached hydrogen (secondary N) is 1. The van der Waals surface area contributed by atoms with Crippen LogP contribution in [0.15, 0.2) is 12.3 Å². The van der Waals surface area contributed by atoms with Crippen LogP contribution >= 0.6 is 0 Å². The summed E-state index contributed by atoms with van der Waals surface area (Å²) in [4.78, 5) is 3.69. The van der Waals surface area contributed by atoms with Crippen LogP contribution in [0.25, 0.3) is 0 Å². The summed E-state index contributed by atoms with van der Waals surface area (Å²) in [5.41, 5.74) is 0. The minimum Gasteiger partial charge on any atom is -0.368 e. The molecule has 0 amide bonds. The van der Waals surface area contributed by atoms with Gasteiger partial charge in [0.1, 0.15) is 5.82 Å². The van der Waals surface area contributed by atoms with Crippen LogP contribution in [-0.4, -0.2) is 11.5 Å². The van der Waals surface area contributed by atoms with Gasteiger partial charge >= 0.3 is 0 Å². The van der Waals surface area contributed by atoms with Crippen LogP contribution in [0.1, 0.15) is 38.5 Å². The van der Waals surface area contributed by atoms with Crippen molar-refractivity contribution in [3.05, 3.63) is 23.9 Å². The Bertz CT molecular complexity index is 362. The second kappa shape index (κ2) is 5.94. The fraction of sp³-hybridized carbons (Fsp3) is 0.615. The maximum absolute atomic E-state index is 13.2. The Labute approximate surface area is 100 Å². The summed E-state index contributed by atoms with van der Waals surface area (Å²) < 4.78 is 25.8. The van der Waals surface area contributed by atoms with Gasteiger partial charge in [0.15, 0.2) is 11.6 Å². The molecule has 0 unspecified atom stereocenters. The number of halogens is 2. The number of hydrogen-bond donors (Lipinski definition) is 1. The van der Waals surface area contributed by atoms with Crippen LogP contribution in [0, 0.1) is 17.6 Å². The van der Waals surface area contributed by atoms with Crippen molar-refractivity contribution in [2.75, 3.05) is 11.9 Å². The highest BCUT2D eigenvalue weighted by Crippen LogP contribution is 2.28. The largest absolute Gasteiger partial charge is 0.368 e. The molecule has 1 fully saturated rings. The zero-order valence-corrected chi connectivity index (χ0v) is 9.88. The highest BCUT2D eigenvalue weighted by Gasteiger charge is 2.14. The molecule has 1 aromatic heterocycles. The zero-order chi connectivity index (χ0) is 12.1. The van der Waals surface area contributed by atoms with E-state index in [4.69, 9.17) is 0 Å². The molecule has 0 spiro atoms. The van der Waals surface area contributed by atoms with E-state index in [1.165, 1.54) is 32.1 Å². The molecule has 0 aromatic carbocycles. The summed E-state index contributed by atoms with van der Waals surface area (Å²) in [6.45, 7) is 0.700. The molecule has 0 saturated heterocycles. The first kappa shape index (κ1) is 12.3. The van der Waals surface area contributed by atoms with Crippen molar-refractivity contribution in [3.8, 4) is 0 Å². The maximum Gasteiger partial charge on any atom is 0.168 e. The highest BCUT2D eigenvalue weighted by atomic mass is 19.1. The van der Waals surface area contributed by atoms with Crippen LogP contribution in [0.3, 0.4) is 0 Å². The number of aromatic nitrogens is 1. The monoisotopic (exact) mass is 240 g/mol.